The Labute approximate surface area is 66.0 Å². The first-order valence-electron chi connectivity index (χ1n) is 3.48. The van der Waals surface area contributed by atoms with Gasteiger partial charge in [-0.3, -0.25) is 0 Å². The van der Waals surface area contributed by atoms with E-state index in [9.17, 15) is 0 Å². The van der Waals surface area contributed by atoms with Crippen molar-refractivity contribution < 1.29 is 4.74 Å². The molecule has 0 atom stereocenters. The van der Waals surface area contributed by atoms with Crippen molar-refractivity contribution in [1.29, 1.82) is 5.26 Å². The zero-order chi connectivity index (χ0) is 7.94. The van der Waals surface area contributed by atoms with Gasteiger partial charge in [0.2, 0.25) is 0 Å². The number of hydrogen-bond donors (Lipinski definition) is 0. The number of nitrogens with zero attached hydrogens (tertiary/aromatic N) is 1. The van der Waals surface area contributed by atoms with E-state index in [-0.39, 0.29) is 0 Å². The zero-order valence-corrected chi connectivity index (χ0v) is 6.16. The van der Waals surface area contributed by atoms with E-state index >= 15 is 0 Å². The Morgan fingerprint density at radius 1 is 1.27 bits per heavy atom. The molecule has 0 heterocycles. The van der Waals surface area contributed by atoms with Gasteiger partial charge in [0.05, 0.1) is 12.5 Å². The van der Waals surface area contributed by atoms with Crippen LogP contribution in [0.3, 0.4) is 0 Å². The molecule has 0 spiro atoms. The summed E-state index contributed by atoms with van der Waals surface area (Å²) in [7, 11) is 0. The molecule has 0 aromatic heterocycles. The molecule has 2 heteroatoms. The summed E-state index contributed by atoms with van der Waals surface area (Å²) >= 11 is 0. The summed E-state index contributed by atoms with van der Waals surface area (Å²) in [5, 5.41) is 8.21. The zero-order valence-electron chi connectivity index (χ0n) is 6.16. The van der Waals surface area contributed by atoms with E-state index in [0.717, 1.165) is 5.75 Å². The Kier molecular flexibility index (Phi) is 3.01. The fourth-order valence-electron chi connectivity index (χ4n) is 0.731. The lowest BCUT2D eigenvalue weighted by Gasteiger charge is -2.00. The van der Waals surface area contributed by atoms with Crippen LogP contribution in [-0.2, 0) is 0 Å². The minimum Gasteiger partial charge on any atom is -0.493 e. The SMILES string of the molecule is N#CCCOc1ccccc1. The predicted molar refractivity (Wildman–Crippen MR) is 42.2 cm³/mol. The van der Waals surface area contributed by atoms with Crippen molar-refractivity contribution in [3.8, 4) is 11.8 Å². The van der Waals surface area contributed by atoms with Gasteiger partial charge in [0.25, 0.3) is 0 Å². The van der Waals surface area contributed by atoms with Crippen LogP contribution in [0.25, 0.3) is 0 Å². The van der Waals surface area contributed by atoms with Crippen molar-refractivity contribution in [3.05, 3.63) is 30.3 Å². The monoisotopic (exact) mass is 147 g/mol. The molecule has 0 amide bonds. The molecular formula is C9H9NO. The molecule has 11 heavy (non-hydrogen) atoms. The molecule has 0 aliphatic rings. The van der Waals surface area contributed by atoms with Crippen molar-refractivity contribution >= 4 is 0 Å². The smallest absolute Gasteiger partial charge is 0.119 e. The second kappa shape index (κ2) is 4.35. The number of benzene rings is 1. The number of hydrogen-bond acceptors (Lipinski definition) is 2. The second-order valence-electron chi connectivity index (χ2n) is 2.07. The molecule has 0 aliphatic carbocycles. The van der Waals surface area contributed by atoms with Gasteiger partial charge in [0.15, 0.2) is 0 Å². The van der Waals surface area contributed by atoms with Crippen LogP contribution in [0.2, 0.25) is 0 Å². The highest BCUT2D eigenvalue weighted by Crippen LogP contribution is 2.07. The molecule has 0 fully saturated rings. The van der Waals surface area contributed by atoms with Crippen LogP contribution in [0.4, 0.5) is 0 Å². The molecule has 0 aliphatic heterocycles. The highest BCUT2D eigenvalue weighted by atomic mass is 16.5. The van der Waals surface area contributed by atoms with Gasteiger partial charge in [0.1, 0.15) is 12.4 Å². The van der Waals surface area contributed by atoms with Crippen molar-refractivity contribution in [3.63, 3.8) is 0 Å². The number of rotatable bonds is 3. The fourth-order valence-corrected chi connectivity index (χ4v) is 0.731. The summed E-state index contributed by atoms with van der Waals surface area (Å²) in [6, 6.07) is 11.5. The van der Waals surface area contributed by atoms with Crippen LogP contribution in [0.1, 0.15) is 6.42 Å². The quantitative estimate of drug-likeness (QED) is 0.612. The number of nitriles is 1. The standard InChI is InChI=1S/C9H9NO/c10-7-4-8-11-9-5-2-1-3-6-9/h1-3,5-6H,4,8H2. The lowest BCUT2D eigenvalue weighted by atomic mass is 10.3. The van der Waals surface area contributed by atoms with Gasteiger partial charge in [-0.15, -0.1) is 0 Å². The largest absolute Gasteiger partial charge is 0.493 e. The highest BCUT2D eigenvalue weighted by Gasteiger charge is 1.88. The average Bonchev–Trinajstić information content (AvgIpc) is 2.07. The Bertz CT molecular complexity index is 237. The molecular weight excluding hydrogens is 138 g/mol. The minimum absolute atomic E-state index is 0.439. The molecule has 1 rings (SSSR count). The molecule has 0 saturated carbocycles. The van der Waals surface area contributed by atoms with Gasteiger partial charge < -0.3 is 4.74 Å². The van der Waals surface area contributed by atoms with Crippen LogP contribution >= 0.6 is 0 Å². The topological polar surface area (TPSA) is 33.0 Å². The minimum atomic E-state index is 0.439. The summed E-state index contributed by atoms with van der Waals surface area (Å²) in [5.41, 5.74) is 0. The van der Waals surface area contributed by atoms with E-state index in [1.165, 1.54) is 0 Å². The van der Waals surface area contributed by atoms with E-state index in [2.05, 4.69) is 0 Å². The van der Waals surface area contributed by atoms with Crippen LogP contribution in [0.15, 0.2) is 30.3 Å². The first-order chi connectivity index (χ1) is 5.43. The summed E-state index contributed by atoms with van der Waals surface area (Å²) in [5.74, 6) is 0.822. The summed E-state index contributed by atoms with van der Waals surface area (Å²) in [4.78, 5) is 0. The van der Waals surface area contributed by atoms with Gasteiger partial charge in [-0.25, -0.2) is 0 Å². The van der Waals surface area contributed by atoms with Gasteiger partial charge >= 0.3 is 0 Å². The van der Waals surface area contributed by atoms with Crippen LogP contribution < -0.4 is 4.74 Å². The Hall–Kier alpha value is -1.49. The van der Waals surface area contributed by atoms with Crippen molar-refractivity contribution in [2.75, 3.05) is 6.61 Å². The van der Waals surface area contributed by atoms with Crippen LogP contribution in [0.5, 0.6) is 5.75 Å². The first-order valence-corrected chi connectivity index (χ1v) is 3.48. The Balaban J connectivity index is 2.35. The number of ether oxygens (including phenoxy) is 1. The van der Waals surface area contributed by atoms with Gasteiger partial charge in [-0.2, -0.15) is 5.26 Å². The molecule has 2 nitrogen and oxygen atoms in total. The average molecular weight is 147 g/mol. The predicted octanol–water partition coefficient (Wildman–Crippen LogP) is 1.98. The maximum Gasteiger partial charge on any atom is 0.119 e. The third-order valence-electron chi connectivity index (χ3n) is 1.23. The third-order valence-corrected chi connectivity index (χ3v) is 1.23. The molecule has 0 bridgehead atoms. The normalized spacial score (nSPS) is 8.64. The van der Waals surface area contributed by atoms with E-state index < -0.39 is 0 Å². The van der Waals surface area contributed by atoms with Gasteiger partial charge in [0, 0.05) is 0 Å². The van der Waals surface area contributed by atoms with E-state index in [1.807, 2.05) is 36.4 Å². The lowest BCUT2D eigenvalue weighted by Crippen LogP contribution is -1.94. The van der Waals surface area contributed by atoms with Crippen molar-refractivity contribution in [1.82, 2.24) is 0 Å². The van der Waals surface area contributed by atoms with Crippen LogP contribution in [0, 0.1) is 11.3 Å². The molecule has 0 radical (unpaired) electrons. The molecule has 1 aromatic rings. The molecule has 0 saturated heterocycles. The van der Waals surface area contributed by atoms with Gasteiger partial charge in [-0.05, 0) is 12.1 Å². The van der Waals surface area contributed by atoms with Gasteiger partial charge in [-0.1, -0.05) is 18.2 Å². The summed E-state index contributed by atoms with van der Waals surface area (Å²) in [6.45, 7) is 0.473. The van der Waals surface area contributed by atoms with Crippen LogP contribution in [-0.4, -0.2) is 6.61 Å². The van der Waals surface area contributed by atoms with E-state index in [0.29, 0.717) is 13.0 Å². The van der Waals surface area contributed by atoms with Crippen molar-refractivity contribution in [2.24, 2.45) is 0 Å². The summed E-state index contributed by atoms with van der Waals surface area (Å²) < 4.78 is 5.22. The maximum absolute atomic E-state index is 8.21. The van der Waals surface area contributed by atoms with E-state index in [4.69, 9.17) is 10.00 Å². The molecule has 1 aromatic carbocycles. The Morgan fingerprint density at radius 2 is 2.00 bits per heavy atom. The second-order valence-corrected chi connectivity index (χ2v) is 2.07. The molecule has 56 valence electrons. The van der Waals surface area contributed by atoms with E-state index in [1.54, 1.807) is 0 Å². The third kappa shape index (κ3) is 2.72. The highest BCUT2D eigenvalue weighted by molar-refractivity contribution is 5.20. The number of para-hydroxylation sites is 1. The fraction of sp³-hybridized carbons (Fsp3) is 0.222. The first kappa shape index (κ1) is 7.62. The van der Waals surface area contributed by atoms with Crippen molar-refractivity contribution in [2.45, 2.75) is 6.42 Å². The lowest BCUT2D eigenvalue weighted by molar-refractivity contribution is 0.326. The molecule has 0 N–H and O–H groups in total. The Morgan fingerprint density at radius 3 is 2.64 bits per heavy atom. The summed E-state index contributed by atoms with van der Waals surface area (Å²) in [6.07, 6.45) is 0.439. The maximum atomic E-state index is 8.21. The molecule has 0 unspecified atom stereocenters.